The Morgan fingerprint density at radius 3 is 3.00 bits per heavy atom. The fraction of sp³-hybridized carbons (Fsp3) is 0.538. The van der Waals surface area contributed by atoms with Crippen molar-refractivity contribution in [3.63, 3.8) is 0 Å². The molecule has 0 aromatic carbocycles. The Hall–Kier alpha value is -1.46. The largest absolute Gasteiger partial charge is 0.351 e. The third kappa shape index (κ3) is 4.43. The van der Waals surface area contributed by atoms with Gasteiger partial charge in [0, 0.05) is 32.0 Å². The van der Waals surface area contributed by atoms with Crippen LogP contribution < -0.4 is 10.6 Å². The number of pyridine rings is 1. The number of carbonyl (C=O) groups excluding carboxylic acids is 1. The molecule has 0 saturated carbocycles. The number of hydrogen-bond donors (Lipinski definition) is 2. The molecular weight excluding hydrogens is 228 g/mol. The van der Waals surface area contributed by atoms with Crippen molar-refractivity contribution in [3.8, 4) is 0 Å². The summed E-state index contributed by atoms with van der Waals surface area (Å²) in [5, 5.41) is 6.27. The molecule has 0 unspecified atom stereocenters. The maximum Gasteiger partial charge on any atom is 0.234 e. The van der Waals surface area contributed by atoms with Crippen LogP contribution in [0.5, 0.6) is 0 Å². The molecule has 1 amide bonds. The predicted molar refractivity (Wildman–Crippen MR) is 70.0 cm³/mol. The van der Waals surface area contributed by atoms with Crippen LogP contribution in [0.2, 0.25) is 0 Å². The molecule has 0 aliphatic carbocycles. The van der Waals surface area contributed by atoms with Gasteiger partial charge in [-0.3, -0.25) is 14.7 Å². The first-order chi connectivity index (χ1) is 8.84. The standard InChI is InChI=1S/C13H20N4O/c18-13(11-17-8-1-4-14-7-9-17)16-10-12-2-5-15-6-3-12/h2-3,5-6,14H,1,4,7-11H2,(H,16,18). The summed E-state index contributed by atoms with van der Waals surface area (Å²) in [6.07, 6.45) is 4.58. The molecule has 2 heterocycles. The summed E-state index contributed by atoms with van der Waals surface area (Å²) in [7, 11) is 0. The van der Waals surface area contributed by atoms with Gasteiger partial charge in [-0.1, -0.05) is 0 Å². The summed E-state index contributed by atoms with van der Waals surface area (Å²) >= 11 is 0. The van der Waals surface area contributed by atoms with Crippen LogP contribution >= 0.6 is 0 Å². The summed E-state index contributed by atoms with van der Waals surface area (Å²) in [6.45, 7) is 5.03. The van der Waals surface area contributed by atoms with Crippen molar-refractivity contribution in [2.75, 3.05) is 32.7 Å². The fourth-order valence-electron chi connectivity index (χ4n) is 2.02. The zero-order valence-electron chi connectivity index (χ0n) is 10.6. The first-order valence-corrected chi connectivity index (χ1v) is 6.43. The van der Waals surface area contributed by atoms with Crippen LogP contribution in [-0.4, -0.2) is 48.5 Å². The lowest BCUT2D eigenvalue weighted by molar-refractivity contribution is -0.122. The van der Waals surface area contributed by atoms with Crippen molar-refractivity contribution in [1.29, 1.82) is 0 Å². The molecule has 1 aliphatic rings. The molecule has 2 rings (SSSR count). The number of nitrogens with one attached hydrogen (secondary N) is 2. The molecule has 2 N–H and O–H groups in total. The summed E-state index contributed by atoms with van der Waals surface area (Å²) in [5.41, 5.74) is 1.08. The van der Waals surface area contributed by atoms with Crippen LogP contribution in [-0.2, 0) is 11.3 Å². The monoisotopic (exact) mass is 248 g/mol. The number of hydrogen-bond acceptors (Lipinski definition) is 4. The average Bonchev–Trinajstić information content (AvgIpc) is 2.66. The molecule has 1 aromatic rings. The zero-order valence-corrected chi connectivity index (χ0v) is 10.6. The van der Waals surface area contributed by atoms with E-state index in [1.807, 2.05) is 12.1 Å². The topological polar surface area (TPSA) is 57.3 Å². The van der Waals surface area contributed by atoms with Gasteiger partial charge in [0.05, 0.1) is 6.54 Å². The van der Waals surface area contributed by atoms with Gasteiger partial charge in [-0.2, -0.15) is 0 Å². The minimum atomic E-state index is 0.0914. The SMILES string of the molecule is O=C(CN1CCCNCC1)NCc1ccncc1. The van der Waals surface area contributed by atoms with Crippen LogP contribution in [0.4, 0.5) is 0 Å². The number of nitrogens with zero attached hydrogens (tertiary/aromatic N) is 2. The highest BCUT2D eigenvalue weighted by atomic mass is 16.2. The number of carbonyl (C=O) groups is 1. The molecule has 1 aliphatic heterocycles. The van der Waals surface area contributed by atoms with E-state index >= 15 is 0 Å². The first-order valence-electron chi connectivity index (χ1n) is 6.43. The van der Waals surface area contributed by atoms with E-state index in [2.05, 4.69) is 20.5 Å². The second kappa shape index (κ2) is 7.08. The van der Waals surface area contributed by atoms with E-state index in [1.54, 1.807) is 12.4 Å². The van der Waals surface area contributed by atoms with Gasteiger partial charge >= 0.3 is 0 Å². The zero-order chi connectivity index (χ0) is 12.6. The highest BCUT2D eigenvalue weighted by Crippen LogP contribution is 1.97. The van der Waals surface area contributed by atoms with E-state index in [-0.39, 0.29) is 5.91 Å². The quantitative estimate of drug-likeness (QED) is 0.787. The van der Waals surface area contributed by atoms with E-state index in [9.17, 15) is 4.79 Å². The predicted octanol–water partition coefficient (Wildman–Crippen LogP) is -0.00690. The Morgan fingerprint density at radius 1 is 1.33 bits per heavy atom. The molecule has 0 bridgehead atoms. The summed E-state index contributed by atoms with van der Waals surface area (Å²) in [4.78, 5) is 18.0. The van der Waals surface area contributed by atoms with Crippen molar-refractivity contribution in [3.05, 3.63) is 30.1 Å². The molecule has 98 valence electrons. The Balaban J connectivity index is 1.71. The molecule has 0 atom stereocenters. The van der Waals surface area contributed by atoms with Gasteiger partial charge < -0.3 is 10.6 Å². The van der Waals surface area contributed by atoms with E-state index < -0.39 is 0 Å². The minimum absolute atomic E-state index is 0.0914. The third-order valence-electron chi connectivity index (χ3n) is 3.04. The lowest BCUT2D eigenvalue weighted by Crippen LogP contribution is -2.38. The molecule has 5 heteroatoms. The van der Waals surface area contributed by atoms with E-state index in [0.29, 0.717) is 13.1 Å². The maximum absolute atomic E-state index is 11.8. The number of amides is 1. The lowest BCUT2D eigenvalue weighted by atomic mass is 10.3. The van der Waals surface area contributed by atoms with Gasteiger partial charge in [0.1, 0.15) is 0 Å². The van der Waals surface area contributed by atoms with E-state index in [4.69, 9.17) is 0 Å². The van der Waals surface area contributed by atoms with Crippen LogP contribution in [0.15, 0.2) is 24.5 Å². The highest BCUT2D eigenvalue weighted by Gasteiger charge is 2.12. The van der Waals surface area contributed by atoms with Crippen molar-refractivity contribution in [2.45, 2.75) is 13.0 Å². The minimum Gasteiger partial charge on any atom is -0.351 e. The van der Waals surface area contributed by atoms with Crippen LogP contribution in [0.3, 0.4) is 0 Å². The van der Waals surface area contributed by atoms with Gasteiger partial charge in [-0.05, 0) is 37.2 Å². The second-order valence-corrected chi connectivity index (χ2v) is 4.51. The lowest BCUT2D eigenvalue weighted by Gasteiger charge is -2.18. The number of rotatable bonds is 4. The Bertz CT molecular complexity index is 361. The summed E-state index contributed by atoms with van der Waals surface area (Å²) < 4.78 is 0. The molecule has 5 nitrogen and oxygen atoms in total. The third-order valence-corrected chi connectivity index (χ3v) is 3.04. The van der Waals surface area contributed by atoms with Crippen molar-refractivity contribution < 1.29 is 4.79 Å². The van der Waals surface area contributed by atoms with Crippen molar-refractivity contribution >= 4 is 5.91 Å². The van der Waals surface area contributed by atoms with Gasteiger partial charge in [-0.25, -0.2) is 0 Å². The van der Waals surface area contributed by atoms with Crippen LogP contribution in [0.25, 0.3) is 0 Å². The summed E-state index contributed by atoms with van der Waals surface area (Å²) in [6, 6.07) is 3.83. The Morgan fingerprint density at radius 2 is 2.17 bits per heavy atom. The van der Waals surface area contributed by atoms with Gasteiger partial charge in [0.25, 0.3) is 0 Å². The van der Waals surface area contributed by atoms with Gasteiger partial charge in [0.2, 0.25) is 5.91 Å². The molecule has 1 fully saturated rings. The smallest absolute Gasteiger partial charge is 0.234 e. The Kier molecular flexibility index (Phi) is 5.11. The molecule has 1 aromatic heterocycles. The molecule has 1 saturated heterocycles. The van der Waals surface area contributed by atoms with Crippen molar-refractivity contribution in [2.24, 2.45) is 0 Å². The fourth-order valence-corrected chi connectivity index (χ4v) is 2.02. The summed E-state index contributed by atoms with van der Waals surface area (Å²) in [5.74, 6) is 0.0914. The normalized spacial score (nSPS) is 17.1. The molecule has 18 heavy (non-hydrogen) atoms. The second-order valence-electron chi connectivity index (χ2n) is 4.51. The van der Waals surface area contributed by atoms with E-state index in [1.165, 1.54) is 0 Å². The molecular formula is C13H20N4O. The molecule has 0 spiro atoms. The maximum atomic E-state index is 11.8. The van der Waals surface area contributed by atoms with Gasteiger partial charge in [0.15, 0.2) is 0 Å². The first kappa shape index (κ1) is 13.0. The molecule has 0 radical (unpaired) electrons. The number of aromatic nitrogens is 1. The van der Waals surface area contributed by atoms with E-state index in [0.717, 1.165) is 38.2 Å². The van der Waals surface area contributed by atoms with Crippen molar-refractivity contribution in [1.82, 2.24) is 20.5 Å². The highest BCUT2D eigenvalue weighted by molar-refractivity contribution is 5.78. The Labute approximate surface area is 108 Å². The van der Waals surface area contributed by atoms with Gasteiger partial charge in [-0.15, -0.1) is 0 Å². The van der Waals surface area contributed by atoms with Crippen LogP contribution in [0.1, 0.15) is 12.0 Å². The average molecular weight is 248 g/mol. The van der Waals surface area contributed by atoms with Crippen LogP contribution in [0, 0.1) is 0 Å².